The molecule has 14 heavy (non-hydrogen) atoms. The first-order valence-electron chi connectivity index (χ1n) is 4.67. The third-order valence-corrected chi connectivity index (χ3v) is 1.74. The molecule has 0 radical (unpaired) electrons. The van der Waals surface area contributed by atoms with Gasteiger partial charge in [0.2, 0.25) is 0 Å². The van der Waals surface area contributed by atoms with Crippen LogP contribution in [0.25, 0.3) is 0 Å². The van der Waals surface area contributed by atoms with Gasteiger partial charge in [-0.3, -0.25) is 9.78 Å². The Balaban J connectivity index is 2.68. The van der Waals surface area contributed by atoms with Gasteiger partial charge >= 0.3 is 5.97 Å². The lowest BCUT2D eigenvalue weighted by molar-refractivity contribution is -0.211. The van der Waals surface area contributed by atoms with Gasteiger partial charge in [0.15, 0.2) is 5.75 Å². The Morgan fingerprint density at radius 1 is 1.36 bits per heavy atom. The zero-order valence-electron chi connectivity index (χ0n) is 8.45. The van der Waals surface area contributed by atoms with Gasteiger partial charge in [0.1, 0.15) is 0 Å². The minimum atomic E-state index is -0.448. The molecule has 0 atom stereocenters. The number of benzene rings is 1. The van der Waals surface area contributed by atoms with Gasteiger partial charge in [-0.15, -0.1) is 0 Å². The number of hydrogen-bond acceptors (Lipinski definition) is 3. The Labute approximate surface area is 83.6 Å². The lowest BCUT2D eigenvalue weighted by Crippen LogP contribution is -2.04. The van der Waals surface area contributed by atoms with Crippen molar-refractivity contribution >= 4 is 5.97 Å². The lowest BCUT2D eigenvalue weighted by atomic mass is 10.1. The van der Waals surface area contributed by atoms with E-state index in [-0.39, 0.29) is 0 Å². The SMILES string of the molecule is CCCc1ccccc1OOC(C)=O. The van der Waals surface area contributed by atoms with Crippen LogP contribution >= 0.6 is 0 Å². The predicted octanol–water partition coefficient (Wildman–Crippen LogP) is 2.50. The molecule has 0 amide bonds. The molecule has 0 N–H and O–H groups in total. The predicted molar refractivity (Wildman–Crippen MR) is 52.8 cm³/mol. The van der Waals surface area contributed by atoms with Gasteiger partial charge in [0.05, 0.1) is 0 Å². The highest BCUT2D eigenvalue weighted by Crippen LogP contribution is 2.19. The normalized spacial score (nSPS) is 9.57. The van der Waals surface area contributed by atoms with Crippen molar-refractivity contribution in [3.8, 4) is 5.75 Å². The monoisotopic (exact) mass is 194 g/mol. The second-order valence-corrected chi connectivity index (χ2v) is 3.02. The van der Waals surface area contributed by atoms with Crippen LogP contribution in [0.3, 0.4) is 0 Å². The van der Waals surface area contributed by atoms with Crippen LogP contribution in [0, 0.1) is 0 Å². The molecular weight excluding hydrogens is 180 g/mol. The number of para-hydroxylation sites is 1. The minimum Gasteiger partial charge on any atom is -0.287 e. The Morgan fingerprint density at radius 2 is 2.07 bits per heavy atom. The van der Waals surface area contributed by atoms with E-state index in [4.69, 9.17) is 4.89 Å². The van der Waals surface area contributed by atoms with Gasteiger partial charge in [-0.1, -0.05) is 31.5 Å². The largest absolute Gasteiger partial charge is 0.352 e. The zero-order chi connectivity index (χ0) is 10.4. The molecule has 0 unspecified atom stereocenters. The molecule has 76 valence electrons. The number of carbonyl (C=O) groups excluding carboxylic acids is 1. The smallest absolute Gasteiger partial charge is 0.287 e. The van der Waals surface area contributed by atoms with E-state index in [9.17, 15) is 4.79 Å². The third-order valence-electron chi connectivity index (χ3n) is 1.74. The molecule has 1 aromatic carbocycles. The van der Waals surface area contributed by atoms with Crippen LogP contribution < -0.4 is 4.89 Å². The topological polar surface area (TPSA) is 35.5 Å². The van der Waals surface area contributed by atoms with Crippen LogP contribution in [-0.2, 0) is 16.1 Å². The average molecular weight is 194 g/mol. The Bertz CT molecular complexity index is 307. The van der Waals surface area contributed by atoms with Crippen LogP contribution in [0.4, 0.5) is 0 Å². The second-order valence-electron chi connectivity index (χ2n) is 3.02. The summed E-state index contributed by atoms with van der Waals surface area (Å²) in [4.78, 5) is 19.9. The molecular formula is C11H14O3. The van der Waals surface area contributed by atoms with Crippen molar-refractivity contribution in [1.29, 1.82) is 0 Å². The van der Waals surface area contributed by atoms with E-state index in [0.29, 0.717) is 5.75 Å². The summed E-state index contributed by atoms with van der Waals surface area (Å²) in [7, 11) is 0. The summed E-state index contributed by atoms with van der Waals surface area (Å²) in [5.74, 6) is 0.167. The van der Waals surface area contributed by atoms with Gasteiger partial charge in [-0.25, -0.2) is 4.79 Å². The van der Waals surface area contributed by atoms with Crippen molar-refractivity contribution in [3.05, 3.63) is 29.8 Å². The number of aryl methyl sites for hydroxylation is 1. The highest BCUT2D eigenvalue weighted by atomic mass is 17.2. The summed E-state index contributed by atoms with van der Waals surface area (Å²) in [5.41, 5.74) is 1.05. The highest BCUT2D eigenvalue weighted by Gasteiger charge is 2.04. The van der Waals surface area contributed by atoms with Gasteiger partial charge in [-0.05, 0) is 18.1 Å². The second kappa shape index (κ2) is 5.27. The van der Waals surface area contributed by atoms with Crippen LogP contribution in [0.1, 0.15) is 25.8 Å². The summed E-state index contributed by atoms with van der Waals surface area (Å²) in [5, 5.41) is 0. The molecule has 0 saturated carbocycles. The highest BCUT2D eigenvalue weighted by molar-refractivity contribution is 5.65. The van der Waals surface area contributed by atoms with Crippen molar-refractivity contribution in [2.45, 2.75) is 26.7 Å². The first-order valence-corrected chi connectivity index (χ1v) is 4.67. The fraction of sp³-hybridized carbons (Fsp3) is 0.364. The van der Waals surface area contributed by atoms with Gasteiger partial charge < -0.3 is 0 Å². The summed E-state index contributed by atoms with van der Waals surface area (Å²) >= 11 is 0. The molecule has 0 spiro atoms. The molecule has 3 heteroatoms. The fourth-order valence-corrected chi connectivity index (χ4v) is 1.16. The van der Waals surface area contributed by atoms with E-state index in [1.807, 2.05) is 18.2 Å². The lowest BCUT2D eigenvalue weighted by Gasteiger charge is -2.06. The molecule has 0 aliphatic carbocycles. The van der Waals surface area contributed by atoms with Gasteiger partial charge in [0.25, 0.3) is 0 Å². The molecule has 0 aromatic heterocycles. The summed E-state index contributed by atoms with van der Waals surface area (Å²) in [6.45, 7) is 3.39. The molecule has 0 fully saturated rings. The standard InChI is InChI=1S/C11H14O3/c1-3-6-10-7-4-5-8-11(10)14-13-9(2)12/h4-5,7-8H,3,6H2,1-2H3. The Morgan fingerprint density at radius 3 is 2.71 bits per heavy atom. The maximum atomic E-state index is 10.5. The molecule has 1 rings (SSSR count). The minimum absolute atomic E-state index is 0.448. The van der Waals surface area contributed by atoms with Crippen molar-refractivity contribution in [3.63, 3.8) is 0 Å². The number of carbonyl (C=O) groups is 1. The Kier molecular flexibility index (Phi) is 3.98. The molecule has 3 nitrogen and oxygen atoms in total. The van der Waals surface area contributed by atoms with Crippen molar-refractivity contribution in [1.82, 2.24) is 0 Å². The molecule has 0 aliphatic heterocycles. The number of rotatable bonds is 4. The van der Waals surface area contributed by atoms with Gasteiger partial charge in [0, 0.05) is 6.92 Å². The zero-order valence-corrected chi connectivity index (χ0v) is 8.45. The first kappa shape index (κ1) is 10.6. The van der Waals surface area contributed by atoms with Crippen molar-refractivity contribution < 1.29 is 14.6 Å². The van der Waals surface area contributed by atoms with E-state index < -0.39 is 5.97 Å². The van der Waals surface area contributed by atoms with E-state index in [1.54, 1.807) is 6.07 Å². The third kappa shape index (κ3) is 3.09. The van der Waals surface area contributed by atoms with Crippen LogP contribution in [0.15, 0.2) is 24.3 Å². The maximum Gasteiger partial charge on any atom is 0.352 e. The van der Waals surface area contributed by atoms with E-state index in [1.165, 1.54) is 6.92 Å². The molecule has 0 bridgehead atoms. The summed E-state index contributed by atoms with van der Waals surface area (Å²) in [6.07, 6.45) is 1.94. The Hall–Kier alpha value is -1.51. The van der Waals surface area contributed by atoms with Crippen LogP contribution in [-0.4, -0.2) is 5.97 Å². The molecule has 1 aromatic rings. The quantitative estimate of drug-likeness (QED) is 0.545. The summed E-state index contributed by atoms with van der Waals surface area (Å²) < 4.78 is 0. The number of hydrogen-bond donors (Lipinski definition) is 0. The van der Waals surface area contributed by atoms with Crippen LogP contribution in [0.5, 0.6) is 5.75 Å². The average Bonchev–Trinajstić information content (AvgIpc) is 2.17. The maximum absolute atomic E-state index is 10.5. The van der Waals surface area contributed by atoms with E-state index in [2.05, 4.69) is 11.8 Å². The van der Waals surface area contributed by atoms with Crippen molar-refractivity contribution in [2.24, 2.45) is 0 Å². The van der Waals surface area contributed by atoms with Crippen molar-refractivity contribution in [2.75, 3.05) is 0 Å². The first-order chi connectivity index (χ1) is 6.74. The molecule has 0 aliphatic rings. The summed E-state index contributed by atoms with van der Waals surface area (Å²) in [6, 6.07) is 7.53. The fourth-order valence-electron chi connectivity index (χ4n) is 1.16. The van der Waals surface area contributed by atoms with E-state index >= 15 is 0 Å². The molecule has 0 saturated heterocycles. The van der Waals surface area contributed by atoms with Crippen LogP contribution in [0.2, 0.25) is 0 Å². The molecule has 0 heterocycles. The van der Waals surface area contributed by atoms with E-state index in [0.717, 1.165) is 18.4 Å². The van der Waals surface area contributed by atoms with Gasteiger partial charge in [-0.2, -0.15) is 0 Å².